The zero-order chi connectivity index (χ0) is 21.6. The van der Waals surface area contributed by atoms with Crippen LogP contribution in [-0.2, 0) is 9.59 Å². The molecule has 1 aliphatic heterocycles. The van der Waals surface area contributed by atoms with Gasteiger partial charge in [-0.3, -0.25) is 14.5 Å². The van der Waals surface area contributed by atoms with Gasteiger partial charge in [-0.1, -0.05) is 19.9 Å². The van der Waals surface area contributed by atoms with Crippen LogP contribution in [0.5, 0.6) is 11.5 Å². The third-order valence-electron chi connectivity index (χ3n) is 5.20. The van der Waals surface area contributed by atoms with Crippen LogP contribution in [0.1, 0.15) is 59.1 Å². The Morgan fingerprint density at radius 2 is 1.72 bits per heavy atom. The normalized spacial score (nSPS) is 16.4. The van der Waals surface area contributed by atoms with Gasteiger partial charge in [0, 0.05) is 0 Å². The lowest BCUT2D eigenvalue weighted by molar-refractivity contribution is -0.135. The molecule has 29 heavy (non-hydrogen) atoms. The van der Waals surface area contributed by atoms with Crippen LogP contribution in [0.2, 0.25) is 0 Å². The van der Waals surface area contributed by atoms with Gasteiger partial charge in [-0.05, 0) is 51.3 Å². The Balaban J connectivity index is 2.06. The zero-order valence-corrected chi connectivity index (χ0v) is 17.8. The van der Waals surface area contributed by atoms with E-state index in [0.29, 0.717) is 37.6 Å². The molecule has 1 heterocycles. The fourth-order valence-corrected chi connectivity index (χ4v) is 3.40. The number of rotatable bonds is 10. The van der Waals surface area contributed by atoms with Gasteiger partial charge in [-0.2, -0.15) is 0 Å². The van der Waals surface area contributed by atoms with Crippen LogP contribution < -0.4 is 20.1 Å². The molecule has 0 unspecified atom stereocenters. The molecular weight excluding hydrogens is 374 g/mol. The minimum Gasteiger partial charge on any atom is -0.490 e. The van der Waals surface area contributed by atoms with Crippen molar-refractivity contribution >= 4 is 17.8 Å². The van der Waals surface area contributed by atoms with Crippen LogP contribution in [0, 0.1) is 0 Å². The quantitative estimate of drug-likeness (QED) is 0.584. The lowest BCUT2D eigenvalue weighted by atomic mass is 9.93. The molecule has 0 saturated carbocycles. The predicted octanol–water partition coefficient (Wildman–Crippen LogP) is 2.77. The number of benzene rings is 1. The first-order valence-electron chi connectivity index (χ1n) is 10.1. The smallest absolute Gasteiger partial charge is 0.325 e. The van der Waals surface area contributed by atoms with Gasteiger partial charge in [0.15, 0.2) is 11.5 Å². The maximum Gasteiger partial charge on any atom is 0.325 e. The van der Waals surface area contributed by atoms with Crippen LogP contribution in [0.3, 0.4) is 0 Å². The average molecular weight is 405 g/mol. The molecule has 1 atom stereocenters. The molecule has 0 aliphatic carbocycles. The molecule has 1 aromatic carbocycles. The molecule has 2 rings (SSSR count). The first-order chi connectivity index (χ1) is 13.8. The number of carbonyl (C=O) groups excluding carboxylic acids is 3. The Bertz CT molecular complexity index is 761. The van der Waals surface area contributed by atoms with Gasteiger partial charge in [-0.25, -0.2) is 4.79 Å². The highest BCUT2D eigenvalue weighted by Crippen LogP contribution is 2.31. The topological polar surface area (TPSA) is 97.0 Å². The van der Waals surface area contributed by atoms with E-state index in [4.69, 9.17) is 9.47 Å². The Hall–Kier alpha value is -2.77. The summed E-state index contributed by atoms with van der Waals surface area (Å²) in [6, 6.07) is 4.62. The summed E-state index contributed by atoms with van der Waals surface area (Å²) in [5.41, 5.74) is -0.0799. The molecule has 160 valence electrons. The standard InChI is InChI=1S/C21H31N3O5/c1-6-21(7-2)19(26)24(20(27)23-21)13-18(25)22-14(5)15-10-11-16(28-8-3)17(12-15)29-9-4/h10-12,14H,6-9,13H2,1-5H3,(H,22,25)(H,23,27)/t14-/m0/s1. The van der Waals surface area contributed by atoms with Crippen molar-refractivity contribution in [1.82, 2.24) is 15.5 Å². The van der Waals surface area contributed by atoms with Crippen LogP contribution in [0.25, 0.3) is 0 Å². The van der Waals surface area contributed by atoms with E-state index >= 15 is 0 Å². The number of nitrogens with one attached hydrogen (secondary N) is 2. The highest BCUT2D eigenvalue weighted by atomic mass is 16.5. The Labute approximate surface area is 171 Å². The first kappa shape index (κ1) is 22.5. The molecule has 1 fully saturated rings. The predicted molar refractivity (Wildman–Crippen MR) is 109 cm³/mol. The van der Waals surface area contributed by atoms with Crippen molar-refractivity contribution in [3.63, 3.8) is 0 Å². The fraction of sp³-hybridized carbons (Fsp3) is 0.571. The van der Waals surface area contributed by atoms with Gasteiger partial charge in [0.05, 0.1) is 19.3 Å². The number of carbonyl (C=O) groups is 3. The van der Waals surface area contributed by atoms with Crippen molar-refractivity contribution < 1.29 is 23.9 Å². The summed E-state index contributed by atoms with van der Waals surface area (Å²) in [7, 11) is 0. The number of imide groups is 1. The van der Waals surface area contributed by atoms with E-state index in [1.54, 1.807) is 6.07 Å². The summed E-state index contributed by atoms with van der Waals surface area (Å²) in [6.45, 7) is 10.0. The van der Waals surface area contributed by atoms with E-state index in [9.17, 15) is 14.4 Å². The monoisotopic (exact) mass is 405 g/mol. The molecule has 0 aromatic heterocycles. The van der Waals surface area contributed by atoms with Crippen LogP contribution in [0.4, 0.5) is 4.79 Å². The van der Waals surface area contributed by atoms with Gasteiger partial charge < -0.3 is 20.1 Å². The van der Waals surface area contributed by atoms with Crippen molar-refractivity contribution in [1.29, 1.82) is 0 Å². The van der Waals surface area contributed by atoms with E-state index in [-0.39, 0.29) is 18.5 Å². The Morgan fingerprint density at radius 1 is 1.10 bits per heavy atom. The van der Waals surface area contributed by atoms with Gasteiger partial charge in [0.2, 0.25) is 5.91 Å². The van der Waals surface area contributed by atoms with Crippen LogP contribution in [0.15, 0.2) is 18.2 Å². The number of ether oxygens (including phenoxy) is 2. The van der Waals surface area contributed by atoms with Crippen molar-refractivity contribution in [2.45, 2.75) is 59.0 Å². The number of urea groups is 1. The minimum absolute atomic E-state index is 0.313. The van der Waals surface area contributed by atoms with Crippen molar-refractivity contribution in [3.05, 3.63) is 23.8 Å². The van der Waals surface area contributed by atoms with E-state index in [1.807, 2.05) is 46.8 Å². The largest absolute Gasteiger partial charge is 0.490 e. The fourth-order valence-electron chi connectivity index (χ4n) is 3.40. The first-order valence-corrected chi connectivity index (χ1v) is 10.1. The number of hydrogen-bond acceptors (Lipinski definition) is 5. The van der Waals surface area contributed by atoms with E-state index in [0.717, 1.165) is 10.5 Å². The van der Waals surface area contributed by atoms with Crippen molar-refractivity contribution in [3.8, 4) is 11.5 Å². The summed E-state index contributed by atoms with van der Waals surface area (Å²) < 4.78 is 11.2. The van der Waals surface area contributed by atoms with Gasteiger partial charge >= 0.3 is 6.03 Å². The molecule has 1 saturated heterocycles. The Morgan fingerprint density at radius 3 is 2.28 bits per heavy atom. The third kappa shape index (κ3) is 4.81. The maximum atomic E-state index is 12.6. The van der Waals surface area contributed by atoms with Crippen molar-refractivity contribution in [2.24, 2.45) is 0 Å². The van der Waals surface area contributed by atoms with E-state index in [1.165, 1.54) is 0 Å². The van der Waals surface area contributed by atoms with Crippen molar-refractivity contribution in [2.75, 3.05) is 19.8 Å². The molecule has 2 N–H and O–H groups in total. The third-order valence-corrected chi connectivity index (χ3v) is 5.20. The molecule has 0 bridgehead atoms. The van der Waals surface area contributed by atoms with Gasteiger partial charge in [-0.15, -0.1) is 0 Å². The second kappa shape index (κ2) is 9.62. The minimum atomic E-state index is -0.912. The molecule has 0 radical (unpaired) electrons. The van der Waals surface area contributed by atoms with Gasteiger partial charge in [0.1, 0.15) is 12.1 Å². The molecule has 1 aliphatic rings. The average Bonchev–Trinajstić information content (AvgIpc) is 2.94. The number of amides is 4. The summed E-state index contributed by atoms with van der Waals surface area (Å²) >= 11 is 0. The Kier molecular flexibility index (Phi) is 7.47. The summed E-state index contributed by atoms with van der Waals surface area (Å²) in [5.74, 6) is 0.495. The SMILES string of the molecule is CCOc1ccc([C@H](C)NC(=O)CN2C(=O)NC(CC)(CC)C2=O)cc1OCC. The molecule has 8 nitrogen and oxygen atoms in total. The molecule has 1 aromatic rings. The highest BCUT2D eigenvalue weighted by molar-refractivity contribution is 6.09. The maximum absolute atomic E-state index is 12.6. The number of hydrogen-bond donors (Lipinski definition) is 2. The summed E-state index contributed by atoms with van der Waals surface area (Å²) in [5, 5.41) is 5.56. The number of nitrogens with zero attached hydrogens (tertiary/aromatic N) is 1. The molecule has 0 spiro atoms. The second-order valence-corrected chi connectivity index (χ2v) is 6.97. The lowest BCUT2D eigenvalue weighted by Crippen LogP contribution is -2.46. The molecule has 4 amide bonds. The van der Waals surface area contributed by atoms with E-state index < -0.39 is 17.5 Å². The van der Waals surface area contributed by atoms with Gasteiger partial charge in [0.25, 0.3) is 5.91 Å². The summed E-state index contributed by atoms with van der Waals surface area (Å²) in [6.07, 6.45) is 0.962. The molecular formula is C21H31N3O5. The lowest BCUT2D eigenvalue weighted by Gasteiger charge is -2.23. The zero-order valence-electron chi connectivity index (χ0n) is 17.8. The van der Waals surface area contributed by atoms with Crippen LogP contribution in [-0.4, -0.2) is 48.0 Å². The van der Waals surface area contributed by atoms with Crippen LogP contribution >= 0.6 is 0 Å². The molecule has 8 heteroatoms. The second-order valence-electron chi connectivity index (χ2n) is 6.97. The summed E-state index contributed by atoms with van der Waals surface area (Å²) in [4.78, 5) is 38.3. The highest BCUT2D eigenvalue weighted by Gasteiger charge is 2.49. The van der Waals surface area contributed by atoms with E-state index in [2.05, 4.69) is 10.6 Å².